The van der Waals surface area contributed by atoms with E-state index in [4.69, 9.17) is 9.47 Å². The van der Waals surface area contributed by atoms with E-state index in [9.17, 15) is 4.79 Å². The van der Waals surface area contributed by atoms with Gasteiger partial charge in [0.05, 0.1) is 6.61 Å². The van der Waals surface area contributed by atoms with Gasteiger partial charge in [-0.2, -0.15) is 0 Å². The minimum absolute atomic E-state index is 0.0385. The molecule has 1 rings (SSSR count). The zero-order valence-corrected chi connectivity index (χ0v) is 9.66. The van der Waals surface area contributed by atoms with Crippen molar-refractivity contribution in [2.45, 2.75) is 6.92 Å². The van der Waals surface area contributed by atoms with Gasteiger partial charge < -0.3 is 9.47 Å². The Morgan fingerprint density at radius 1 is 1.25 bits per heavy atom. The number of rotatable bonds is 6. The number of methoxy groups -OCH3 is 1. The maximum atomic E-state index is 11.6. The van der Waals surface area contributed by atoms with Crippen LogP contribution in [-0.2, 0) is 4.74 Å². The third-order valence-corrected chi connectivity index (χ3v) is 2.06. The van der Waals surface area contributed by atoms with Crippen molar-refractivity contribution in [1.29, 1.82) is 0 Å². The van der Waals surface area contributed by atoms with Gasteiger partial charge in [-0.3, -0.25) is 4.79 Å². The molecule has 0 aliphatic heterocycles. The number of benzene rings is 1. The molecule has 3 heteroatoms. The maximum absolute atomic E-state index is 11.6. The van der Waals surface area contributed by atoms with E-state index in [1.165, 1.54) is 0 Å². The van der Waals surface area contributed by atoms with Crippen molar-refractivity contribution < 1.29 is 14.3 Å². The van der Waals surface area contributed by atoms with E-state index in [1.807, 2.05) is 0 Å². The summed E-state index contributed by atoms with van der Waals surface area (Å²) in [6.45, 7) is 6.37. The fourth-order valence-corrected chi connectivity index (χ4v) is 1.19. The van der Waals surface area contributed by atoms with E-state index >= 15 is 0 Å². The fraction of sp³-hybridized carbons (Fsp3) is 0.308. The lowest BCUT2D eigenvalue weighted by Crippen LogP contribution is -2.04. The first-order valence-electron chi connectivity index (χ1n) is 5.07. The Kier molecular flexibility index (Phi) is 4.73. The zero-order chi connectivity index (χ0) is 12.0. The summed E-state index contributed by atoms with van der Waals surface area (Å²) in [6, 6.07) is 7.01. The van der Waals surface area contributed by atoms with Crippen LogP contribution in [0.2, 0.25) is 0 Å². The first-order chi connectivity index (χ1) is 7.65. The average molecular weight is 220 g/mol. The van der Waals surface area contributed by atoms with Gasteiger partial charge in [-0.05, 0) is 36.8 Å². The molecule has 0 radical (unpaired) electrons. The average Bonchev–Trinajstić information content (AvgIpc) is 2.29. The van der Waals surface area contributed by atoms with Gasteiger partial charge >= 0.3 is 0 Å². The molecule has 0 aliphatic rings. The van der Waals surface area contributed by atoms with Crippen LogP contribution in [0.1, 0.15) is 17.3 Å². The van der Waals surface area contributed by atoms with Crippen molar-refractivity contribution in [3.05, 3.63) is 42.0 Å². The van der Waals surface area contributed by atoms with Crippen molar-refractivity contribution in [2.75, 3.05) is 20.3 Å². The Morgan fingerprint density at radius 2 is 1.88 bits per heavy atom. The van der Waals surface area contributed by atoms with Gasteiger partial charge in [-0.1, -0.05) is 6.58 Å². The highest BCUT2D eigenvalue weighted by Gasteiger charge is 2.05. The third kappa shape index (κ3) is 3.51. The predicted molar refractivity (Wildman–Crippen MR) is 63.0 cm³/mol. The van der Waals surface area contributed by atoms with E-state index in [2.05, 4.69) is 6.58 Å². The predicted octanol–water partition coefficient (Wildman–Crippen LogP) is 2.47. The highest BCUT2D eigenvalue weighted by molar-refractivity contribution is 6.07. The Bertz CT molecular complexity index is 365. The van der Waals surface area contributed by atoms with Crippen molar-refractivity contribution in [2.24, 2.45) is 0 Å². The summed E-state index contributed by atoms with van der Waals surface area (Å²) in [6.07, 6.45) is 0. The highest BCUT2D eigenvalue weighted by Crippen LogP contribution is 2.14. The summed E-state index contributed by atoms with van der Waals surface area (Å²) in [5, 5.41) is 0. The summed E-state index contributed by atoms with van der Waals surface area (Å²) in [7, 11) is 1.62. The van der Waals surface area contributed by atoms with Crippen LogP contribution in [0, 0.1) is 0 Å². The molecule has 3 nitrogen and oxygen atoms in total. The van der Waals surface area contributed by atoms with Crippen LogP contribution in [0.15, 0.2) is 36.4 Å². The molecular weight excluding hydrogens is 204 g/mol. The third-order valence-electron chi connectivity index (χ3n) is 2.06. The number of Topliss-reactive ketones (excluding diaryl/α,β-unsaturated/α-hetero) is 1. The molecule has 0 N–H and O–H groups in total. The molecular formula is C13H16O3. The van der Waals surface area contributed by atoms with E-state index in [1.54, 1.807) is 38.3 Å². The van der Waals surface area contributed by atoms with E-state index < -0.39 is 0 Å². The molecule has 1 aromatic rings. The van der Waals surface area contributed by atoms with Crippen molar-refractivity contribution >= 4 is 5.78 Å². The van der Waals surface area contributed by atoms with Gasteiger partial charge in [-0.15, -0.1) is 0 Å². The summed E-state index contributed by atoms with van der Waals surface area (Å²) in [4.78, 5) is 11.6. The Labute approximate surface area is 95.7 Å². The lowest BCUT2D eigenvalue weighted by atomic mass is 10.1. The van der Waals surface area contributed by atoms with Crippen molar-refractivity contribution in [3.8, 4) is 5.75 Å². The maximum Gasteiger partial charge on any atom is 0.188 e. The van der Waals surface area contributed by atoms with Gasteiger partial charge in [0.2, 0.25) is 0 Å². The second-order valence-corrected chi connectivity index (χ2v) is 3.48. The molecule has 0 bridgehead atoms. The van der Waals surface area contributed by atoms with Gasteiger partial charge in [0.25, 0.3) is 0 Å². The smallest absolute Gasteiger partial charge is 0.188 e. The second kappa shape index (κ2) is 6.08. The number of ketones is 1. The van der Waals surface area contributed by atoms with Gasteiger partial charge in [0.1, 0.15) is 12.4 Å². The van der Waals surface area contributed by atoms with Crippen LogP contribution < -0.4 is 4.74 Å². The van der Waals surface area contributed by atoms with Gasteiger partial charge in [0.15, 0.2) is 5.78 Å². The molecule has 0 unspecified atom stereocenters. The number of hydrogen-bond donors (Lipinski definition) is 0. The Balaban J connectivity index is 2.61. The van der Waals surface area contributed by atoms with Crippen LogP contribution in [-0.4, -0.2) is 26.1 Å². The molecule has 0 saturated carbocycles. The lowest BCUT2D eigenvalue weighted by Gasteiger charge is -2.06. The fourth-order valence-electron chi connectivity index (χ4n) is 1.19. The largest absolute Gasteiger partial charge is 0.491 e. The van der Waals surface area contributed by atoms with Crippen LogP contribution in [0.4, 0.5) is 0 Å². The molecule has 86 valence electrons. The molecule has 0 saturated heterocycles. The number of ether oxygens (including phenoxy) is 2. The van der Waals surface area contributed by atoms with E-state index in [-0.39, 0.29) is 5.78 Å². The van der Waals surface area contributed by atoms with Gasteiger partial charge in [0, 0.05) is 12.7 Å². The minimum atomic E-state index is -0.0385. The molecule has 1 aromatic carbocycles. The van der Waals surface area contributed by atoms with Crippen molar-refractivity contribution in [3.63, 3.8) is 0 Å². The van der Waals surface area contributed by atoms with Crippen LogP contribution in [0.5, 0.6) is 5.75 Å². The molecule has 0 aromatic heterocycles. The Hall–Kier alpha value is -1.61. The number of carbonyl (C=O) groups is 1. The molecule has 0 atom stereocenters. The minimum Gasteiger partial charge on any atom is -0.491 e. The number of allylic oxidation sites excluding steroid dienone is 1. The molecule has 0 heterocycles. The second-order valence-electron chi connectivity index (χ2n) is 3.48. The molecule has 0 fully saturated rings. The van der Waals surface area contributed by atoms with E-state index in [0.29, 0.717) is 24.4 Å². The molecule has 0 aliphatic carbocycles. The number of carbonyl (C=O) groups excluding carboxylic acids is 1. The van der Waals surface area contributed by atoms with E-state index in [0.717, 1.165) is 5.75 Å². The van der Waals surface area contributed by atoms with Crippen LogP contribution in [0.25, 0.3) is 0 Å². The normalized spacial score (nSPS) is 9.88. The zero-order valence-electron chi connectivity index (χ0n) is 9.66. The standard InChI is InChI=1S/C13H16O3/c1-10(2)13(14)11-4-6-12(7-5-11)16-9-8-15-3/h4-7H,1,8-9H2,2-3H3. The highest BCUT2D eigenvalue weighted by atomic mass is 16.5. The van der Waals surface area contributed by atoms with Gasteiger partial charge in [-0.25, -0.2) is 0 Å². The monoisotopic (exact) mass is 220 g/mol. The van der Waals surface area contributed by atoms with Crippen LogP contribution >= 0.6 is 0 Å². The molecule has 16 heavy (non-hydrogen) atoms. The summed E-state index contributed by atoms with van der Waals surface area (Å²) in [5.74, 6) is 0.693. The Morgan fingerprint density at radius 3 is 2.38 bits per heavy atom. The molecule has 0 spiro atoms. The SMILES string of the molecule is C=C(C)C(=O)c1ccc(OCCOC)cc1. The van der Waals surface area contributed by atoms with Crippen molar-refractivity contribution in [1.82, 2.24) is 0 Å². The topological polar surface area (TPSA) is 35.5 Å². The number of hydrogen-bond acceptors (Lipinski definition) is 3. The lowest BCUT2D eigenvalue weighted by molar-refractivity contribution is 0.103. The summed E-state index contributed by atoms with van der Waals surface area (Å²) >= 11 is 0. The summed E-state index contributed by atoms with van der Waals surface area (Å²) in [5.41, 5.74) is 1.17. The molecule has 0 amide bonds. The quantitative estimate of drug-likeness (QED) is 0.419. The summed E-state index contributed by atoms with van der Waals surface area (Å²) < 4.78 is 10.2. The first-order valence-corrected chi connectivity index (χ1v) is 5.07. The van der Waals surface area contributed by atoms with Crippen LogP contribution in [0.3, 0.4) is 0 Å². The first kappa shape index (κ1) is 12.5.